The van der Waals surface area contributed by atoms with Gasteiger partial charge in [0.05, 0.1) is 6.21 Å². The minimum Gasteiger partial charge on any atom is -0.484 e. The fourth-order valence-electron chi connectivity index (χ4n) is 1.95. The third-order valence-electron chi connectivity index (χ3n) is 3.41. The summed E-state index contributed by atoms with van der Waals surface area (Å²) in [6.07, 6.45) is 1.50. The number of carbonyl (C=O) groups is 2. The van der Waals surface area contributed by atoms with Gasteiger partial charge in [0, 0.05) is 5.69 Å². The molecule has 0 aromatic heterocycles. The highest BCUT2D eigenvalue weighted by Crippen LogP contribution is 2.14. The number of primary amides is 1. The quantitative estimate of drug-likeness (QED) is 0.555. The van der Waals surface area contributed by atoms with Gasteiger partial charge in [0.1, 0.15) is 5.75 Å². The second-order valence-electron chi connectivity index (χ2n) is 5.45. The van der Waals surface area contributed by atoms with Crippen molar-refractivity contribution in [2.24, 2.45) is 10.8 Å². The molecule has 0 saturated heterocycles. The van der Waals surface area contributed by atoms with Gasteiger partial charge in [-0.05, 0) is 66.9 Å². The van der Waals surface area contributed by atoms with Crippen LogP contribution in [0, 0.1) is 13.8 Å². The summed E-state index contributed by atoms with van der Waals surface area (Å²) in [5, 5.41) is 6.58. The van der Waals surface area contributed by atoms with Gasteiger partial charge in [-0.15, -0.1) is 0 Å². The summed E-state index contributed by atoms with van der Waals surface area (Å²) in [6.45, 7) is 3.81. The van der Waals surface area contributed by atoms with E-state index in [-0.39, 0.29) is 6.61 Å². The van der Waals surface area contributed by atoms with Gasteiger partial charge in [0.15, 0.2) is 6.61 Å². The van der Waals surface area contributed by atoms with Crippen LogP contribution >= 0.6 is 0 Å². The number of nitrogens with one attached hydrogen (secondary N) is 2. The number of hydrogen-bond acceptors (Lipinski definition) is 4. The van der Waals surface area contributed by atoms with E-state index in [1.54, 1.807) is 24.3 Å². The van der Waals surface area contributed by atoms with Crippen molar-refractivity contribution in [3.63, 3.8) is 0 Å². The highest BCUT2D eigenvalue weighted by atomic mass is 16.5. The lowest BCUT2D eigenvalue weighted by molar-refractivity contribution is -0.119. The Balaban J connectivity index is 1.84. The van der Waals surface area contributed by atoms with Crippen LogP contribution < -0.4 is 21.2 Å². The fourth-order valence-corrected chi connectivity index (χ4v) is 1.95. The highest BCUT2D eigenvalue weighted by Gasteiger charge is 2.01. The number of nitrogens with zero attached hydrogens (tertiary/aromatic N) is 1. The van der Waals surface area contributed by atoms with Crippen LogP contribution in [0.15, 0.2) is 47.6 Å². The van der Waals surface area contributed by atoms with E-state index < -0.39 is 11.9 Å². The summed E-state index contributed by atoms with van der Waals surface area (Å²) in [5.74, 6) is -0.0129. The molecule has 0 bridgehead atoms. The summed E-state index contributed by atoms with van der Waals surface area (Å²) < 4.78 is 5.15. The SMILES string of the molecule is Cc1ccc(NC(=O)N/N=C/c2ccc(OCC(N)=O)cc2)cc1C. The largest absolute Gasteiger partial charge is 0.484 e. The van der Waals surface area contributed by atoms with Gasteiger partial charge >= 0.3 is 6.03 Å². The zero-order valence-corrected chi connectivity index (χ0v) is 14.1. The first-order valence-corrected chi connectivity index (χ1v) is 7.62. The molecule has 0 saturated carbocycles. The number of urea groups is 1. The Hall–Kier alpha value is -3.35. The van der Waals surface area contributed by atoms with Gasteiger partial charge in [-0.25, -0.2) is 10.2 Å². The van der Waals surface area contributed by atoms with Gasteiger partial charge in [0.25, 0.3) is 5.91 Å². The monoisotopic (exact) mass is 340 g/mol. The van der Waals surface area contributed by atoms with Crippen molar-refractivity contribution in [2.75, 3.05) is 11.9 Å². The van der Waals surface area contributed by atoms with Crippen LogP contribution in [0.5, 0.6) is 5.75 Å². The van der Waals surface area contributed by atoms with Crippen molar-refractivity contribution < 1.29 is 14.3 Å². The van der Waals surface area contributed by atoms with E-state index in [0.29, 0.717) is 11.4 Å². The van der Waals surface area contributed by atoms with Crippen LogP contribution in [0.2, 0.25) is 0 Å². The molecular formula is C18H20N4O3. The molecule has 2 aromatic carbocycles. The Bertz CT molecular complexity index is 785. The predicted molar refractivity (Wildman–Crippen MR) is 96.8 cm³/mol. The molecule has 25 heavy (non-hydrogen) atoms. The molecule has 4 N–H and O–H groups in total. The van der Waals surface area contributed by atoms with Crippen LogP contribution in [0.4, 0.5) is 10.5 Å². The first-order valence-electron chi connectivity index (χ1n) is 7.62. The maximum Gasteiger partial charge on any atom is 0.339 e. The van der Waals surface area contributed by atoms with E-state index in [1.807, 2.05) is 32.0 Å². The number of rotatable bonds is 6. The maximum atomic E-state index is 11.8. The van der Waals surface area contributed by atoms with E-state index in [2.05, 4.69) is 15.8 Å². The number of benzene rings is 2. The molecule has 130 valence electrons. The van der Waals surface area contributed by atoms with E-state index in [4.69, 9.17) is 10.5 Å². The molecule has 0 atom stereocenters. The predicted octanol–water partition coefficient (Wildman–Crippen LogP) is 2.32. The molecule has 0 aliphatic carbocycles. The van der Waals surface area contributed by atoms with Crippen LogP contribution in [-0.2, 0) is 4.79 Å². The summed E-state index contributed by atoms with van der Waals surface area (Å²) >= 11 is 0. The normalized spacial score (nSPS) is 10.5. The van der Waals surface area contributed by atoms with E-state index in [0.717, 1.165) is 16.7 Å². The van der Waals surface area contributed by atoms with Crippen LogP contribution in [0.3, 0.4) is 0 Å². The Morgan fingerprint density at radius 1 is 1.12 bits per heavy atom. The minimum absolute atomic E-state index is 0.173. The zero-order chi connectivity index (χ0) is 18.2. The summed E-state index contributed by atoms with van der Waals surface area (Å²) in [6, 6.07) is 12.1. The molecule has 0 aliphatic heterocycles. The molecule has 0 aliphatic rings. The van der Waals surface area contributed by atoms with Gasteiger partial charge < -0.3 is 15.8 Å². The molecule has 0 radical (unpaired) electrons. The lowest BCUT2D eigenvalue weighted by atomic mass is 10.1. The number of ether oxygens (including phenoxy) is 1. The number of hydrogen-bond donors (Lipinski definition) is 3. The smallest absolute Gasteiger partial charge is 0.339 e. The molecule has 7 heteroatoms. The van der Waals surface area contributed by atoms with Gasteiger partial charge in [-0.1, -0.05) is 6.07 Å². The molecule has 0 unspecified atom stereocenters. The average Bonchev–Trinajstić information content (AvgIpc) is 2.57. The second kappa shape index (κ2) is 8.49. The zero-order valence-electron chi connectivity index (χ0n) is 14.1. The number of hydrazone groups is 1. The molecule has 2 aromatic rings. The molecular weight excluding hydrogens is 320 g/mol. The van der Waals surface area contributed by atoms with Crippen molar-refractivity contribution in [1.82, 2.24) is 5.43 Å². The molecule has 0 heterocycles. The lowest BCUT2D eigenvalue weighted by Crippen LogP contribution is -2.24. The first-order chi connectivity index (χ1) is 11.9. The third kappa shape index (κ3) is 5.98. The third-order valence-corrected chi connectivity index (χ3v) is 3.41. The van der Waals surface area contributed by atoms with E-state index in [1.165, 1.54) is 6.21 Å². The number of carbonyl (C=O) groups excluding carboxylic acids is 2. The van der Waals surface area contributed by atoms with Gasteiger partial charge in [-0.2, -0.15) is 5.10 Å². The standard InChI is InChI=1S/C18H20N4O3/c1-12-3-6-15(9-13(12)2)21-18(24)22-20-10-14-4-7-16(8-5-14)25-11-17(19)23/h3-10H,11H2,1-2H3,(H2,19,23)(H2,21,22,24)/b20-10+. The van der Waals surface area contributed by atoms with Crippen molar-refractivity contribution >= 4 is 23.8 Å². The molecule has 3 amide bonds. The van der Waals surface area contributed by atoms with E-state index >= 15 is 0 Å². The maximum absolute atomic E-state index is 11.8. The van der Waals surface area contributed by atoms with E-state index in [9.17, 15) is 9.59 Å². The van der Waals surface area contributed by atoms with Crippen LogP contribution in [0.25, 0.3) is 0 Å². The number of amides is 3. The van der Waals surface area contributed by atoms with Crippen molar-refractivity contribution in [2.45, 2.75) is 13.8 Å². The van der Waals surface area contributed by atoms with Crippen LogP contribution in [0.1, 0.15) is 16.7 Å². The summed E-state index contributed by atoms with van der Waals surface area (Å²) in [7, 11) is 0. The molecule has 0 fully saturated rings. The topological polar surface area (TPSA) is 106 Å². The van der Waals surface area contributed by atoms with Crippen LogP contribution in [-0.4, -0.2) is 24.8 Å². The summed E-state index contributed by atoms with van der Waals surface area (Å²) in [5.41, 5.74) is 11.1. The van der Waals surface area contributed by atoms with Gasteiger partial charge in [-0.3, -0.25) is 4.79 Å². The number of nitrogens with two attached hydrogens (primary N) is 1. The second-order valence-corrected chi connectivity index (χ2v) is 5.45. The fraction of sp³-hybridized carbons (Fsp3) is 0.167. The molecule has 2 rings (SSSR count). The summed E-state index contributed by atoms with van der Waals surface area (Å²) in [4.78, 5) is 22.4. The highest BCUT2D eigenvalue weighted by molar-refractivity contribution is 5.90. The average molecular weight is 340 g/mol. The minimum atomic E-state index is -0.537. The van der Waals surface area contributed by atoms with Crippen molar-refractivity contribution in [3.8, 4) is 5.75 Å². The van der Waals surface area contributed by atoms with Crippen molar-refractivity contribution in [1.29, 1.82) is 0 Å². The molecule has 7 nitrogen and oxygen atoms in total. The van der Waals surface area contributed by atoms with Crippen molar-refractivity contribution in [3.05, 3.63) is 59.2 Å². The number of anilines is 1. The molecule has 0 spiro atoms. The Kier molecular flexibility index (Phi) is 6.11. The Labute approximate surface area is 145 Å². The van der Waals surface area contributed by atoms with Gasteiger partial charge in [0.2, 0.25) is 0 Å². The Morgan fingerprint density at radius 3 is 2.48 bits per heavy atom. The Morgan fingerprint density at radius 2 is 1.84 bits per heavy atom. The first kappa shape index (κ1) is 18.0. The number of aryl methyl sites for hydroxylation is 2. The lowest BCUT2D eigenvalue weighted by Gasteiger charge is -2.06.